The predicted octanol–water partition coefficient (Wildman–Crippen LogP) is 1.03. The van der Waals surface area contributed by atoms with Crippen LogP contribution in [0.1, 0.15) is 32.1 Å². The number of hydrogen-bond acceptors (Lipinski definition) is 4. The maximum Gasteiger partial charge on any atom is 0.242 e. The molecule has 0 aliphatic carbocycles. The third kappa shape index (κ3) is 3.32. The first-order chi connectivity index (χ1) is 9.73. The molecule has 5 nitrogen and oxygen atoms in total. The van der Waals surface area contributed by atoms with Gasteiger partial charge in [0.05, 0.1) is 6.61 Å². The molecule has 0 radical (unpaired) electrons. The Labute approximate surface area is 122 Å². The number of nitrogens with one attached hydrogen (secondary N) is 1. The van der Waals surface area contributed by atoms with Crippen LogP contribution in [0, 0.1) is 5.92 Å². The van der Waals surface area contributed by atoms with Gasteiger partial charge >= 0.3 is 0 Å². The van der Waals surface area contributed by atoms with Crippen LogP contribution in [-0.4, -0.2) is 63.4 Å². The summed E-state index contributed by atoms with van der Waals surface area (Å²) in [4.78, 5) is 14.7. The second-order valence-corrected chi connectivity index (χ2v) is 5.98. The molecule has 2 saturated heterocycles. The summed E-state index contributed by atoms with van der Waals surface area (Å²) in [6.45, 7) is 4.26. The monoisotopic (exact) mass is 284 g/mol. The van der Waals surface area contributed by atoms with Crippen molar-refractivity contribution in [3.05, 3.63) is 0 Å². The van der Waals surface area contributed by atoms with Crippen LogP contribution in [0.15, 0.2) is 0 Å². The highest BCUT2D eigenvalue weighted by atomic mass is 16.5. The van der Waals surface area contributed by atoms with E-state index in [0.717, 1.165) is 64.3 Å². The smallest absolute Gasteiger partial charge is 0.242 e. The van der Waals surface area contributed by atoms with Gasteiger partial charge in [0.1, 0.15) is 5.54 Å². The van der Waals surface area contributed by atoms with Crippen molar-refractivity contribution in [3.8, 4) is 0 Å². The second kappa shape index (κ2) is 7.38. The normalized spacial score (nSPS) is 28.7. The average molecular weight is 284 g/mol. The Kier molecular flexibility index (Phi) is 5.81. The van der Waals surface area contributed by atoms with Gasteiger partial charge in [-0.2, -0.15) is 0 Å². The fraction of sp³-hybridized carbons (Fsp3) is 0.933. The maximum atomic E-state index is 12.3. The SMILES string of the molecule is CNC(=O)C1(COC)CCCN1CCC1CCOCC1. The predicted molar refractivity (Wildman–Crippen MR) is 77.6 cm³/mol. The Morgan fingerprint density at radius 3 is 2.85 bits per heavy atom. The number of methoxy groups -OCH3 is 1. The molecule has 116 valence electrons. The van der Waals surface area contributed by atoms with E-state index in [1.807, 2.05) is 0 Å². The highest BCUT2D eigenvalue weighted by molar-refractivity contribution is 5.86. The van der Waals surface area contributed by atoms with Crippen molar-refractivity contribution < 1.29 is 14.3 Å². The van der Waals surface area contributed by atoms with Gasteiger partial charge < -0.3 is 14.8 Å². The summed E-state index contributed by atoms with van der Waals surface area (Å²) in [5.74, 6) is 0.845. The zero-order valence-electron chi connectivity index (χ0n) is 12.8. The molecule has 20 heavy (non-hydrogen) atoms. The number of carbonyl (C=O) groups is 1. The zero-order chi connectivity index (χ0) is 14.4. The van der Waals surface area contributed by atoms with Crippen LogP contribution in [0.3, 0.4) is 0 Å². The number of nitrogens with zero attached hydrogens (tertiary/aromatic N) is 1. The number of rotatable bonds is 6. The highest BCUT2D eigenvalue weighted by Gasteiger charge is 2.46. The van der Waals surface area contributed by atoms with E-state index in [1.54, 1.807) is 14.2 Å². The maximum absolute atomic E-state index is 12.3. The molecule has 0 bridgehead atoms. The van der Waals surface area contributed by atoms with Gasteiger partial charge in [0.15, 0.2) is 0 Å². The van der Waals surface area contributed by atoms with E-state index in [1.165, 1.54) is 0 Å². The van der Waals surface area contributed by atoms with E-state index in [2.05, 4.69) is 10.2 Å². The standard InChI is InChI=1S/C15H28N2O3/c1-16-14(18)15(12-19-2)7-3-8-17(15)9-4-13-5-10-20-11-6-13/h13H,3-12H2,1-2H3,(H,16,18). The van der Waals surface area contributed by atoms with Crippen LogP contribution in [0.25, 0.3) is 0 Å². The average Bonchev–Trinajstić information content (AvgIpc) is 2.89. The number of carbonyl (C=O) groups excluding carboxylic acids is 1. The number of ether oxygens (including phenoxy) is 2. The van der Waals surface area contributed by atoms with Crippen molar-refractivity contribution in [3.63, 3.8) is 0 Å². The van der Waals surface area contributed by atoms with Gasteiger partial charge in [0.25, 0.3) is 0 Å². The second-order valence-electron chi connectivity index (χ2n) is 5.98. The molecule has 0 aromatic heterocycles. The highest BCUT2D eigenvalue weighted by Crippen LogP contribution is 2.31. The minimum Gasteiger partial charge on any atom is -0.382 e. The van der Waals surface area contributed by atoms with Crippen LogP contribution < -0.4 is 5.32 Å². The summed E-state index contributed by atoms with van der Waals surface area (Å²) in [5, 5.41) is 2.82. The van der Waals surface area contributed by atoms with E-state index in [-0.39, 0.29) is 5.91 Å². The molecule has 1 atom stereocenters. The summed E-state index contributed by atoms with van der Waals surface area (Å²) in [6.07, 6.45) is 5.45. The first-order valence-electron chi connectivity index (χ1n) is 7.77. The third-order valence-electron chi connectivity index (χ3n) is 4.80. The lowest BCUT2D eigenvalue weighted by atomic mass is 9.93. The Morgan fingerprint density at radius 1 is 1.45 bits per heavy atom. The van der Waals surface area contributed by atoms with Crippen LogP contribution >= 0.6 is 0 Å². The number of likely N-dealkylation sites (N-methyl/N-ethyl adjacent to an activating group) is 1. The molecule has 0 aromatic rings. The van der Waals surface area contributed by atoms with Gasteiger partial charge in [-0.1, -0.05) is 0 Å². The lowest BCUT2D eigenvalue weighted by Gasteiger charge is -2.37. The topological polar surface area (TPSA) is 50.8 Å². The van der Waals surface area contributed by atoms with E-state index >= 15 is 0 Å². The summed E-state index contributed by atoms with van der Waals surface area (Å²) in [5.41, 5.74) is -0.450. The minimum atomic E-state index is -0.450. The summed E-state index contributed by atoms with van der Waals surface area (Å²) in [7, 11) is 3.40. The Bertz CT molecular complexity index is 318. The first-order valence-corrected chi connectivity index (χ1v) is 7.77. The van der Waals surface area contributed by atoms with Crippen LogP contribution in [0.4, 0.5) is 0 Å². The van der Waals surface area contributed by atoms with Crippen molar-refractivity contribution in [1.29, 1.82) is 0 Å². The Balaban J connectivity index is 1.94. The van der Waals surface area contributed by atoms with Gasteiger partial charge in [0.2, 0.25) is 5.91 Å². The van der Waals surface area contributed by atoms with Crippen molar-refractivity contribution in [2.24, 2.45) is 5.92 Å². The third-order valence-corrected chi connectivity index (χ3v) is 4.80. The first kappa shape index (κ1) is 15.7. The molecular weight excluding hydrogens is 256 g/mol. The minimum absolute atomic E-state index is 0.101. The van der Waals surface area contributed by atoms with Crippen molar-refractivity contribution in [1.82, 2.24) is 10.2 Å². The van der Waals surface area contributed by atoms with Gasteiger partial charge in [0, 0.05) is 27.4 Å². The summed E-state index contributed by atoms with van der Waals surface area (Å²) < 4.78 is 10.8. The molecule has 1 amide bonds. The molecule has 0 saturated carbocycles. The fourth-order valence-electron chi connectivity index (χ4n) is 3.59. The lowest BCUT2D eigenvalue weighted by molar-refractivity contribution is -0.135. The Morgan fingerprint density at radius 2 is 2.20 bits per heavy atom. The molecule has 2 rings (SSSR count). The number of amides is 1. The summed E-state index contributed by atoms with van der Waals surface area (Å²) >= 11 is 0. The van der Waals surface area contributed by atoms with Crippen LogP contribution in [-0.2, 0) is 14.3 Å². The van der Waals surface area contributed by atoms with E-state index in [0.29, 0.717) is 6.61 Å². The molecule has 2 heterocycles. The van der Waals surface area contributed by atoms with Crippen LogP contribution in [0.2, 0.25) is 0 Å². The number of hydrogen-bond donors (Lipinski definition) is 1. The fourth-order valence-corrected chi connectivity index (χ4v) is 3.59. The van der Waals surface area contributed by atoms with Gasteiger partial charge in [-0.05, 0) is 51.1 Å². The van der Waals surface area contributed by atoms with Gasteiger partial charge in [-0.25, -0.2) is 0 Å². The quantitative estimate of drug-likeness (QED) is 0.791. The zero-order valence-corrected chi connectivity index (χ0v) is 12.8. The van der Waals surface area contributed by atoms with Gasteiger partial charge in [-0.15, -0.1) is 0 Å². The molecule has 1 unspecified atom stereocenters. The molecular formula is C15H28N2O3. The van der Waals surface area contributed by atoms with Crippen molar-refractivity contribution >= 4 is 5.91 Å². The van der Waals surface area contributed by atoms with Gasteiger partial charge in [-0.3, -0.25) is 9.69 Å². The van der Waals surface area contributed by atoms with Crippen LogP contribution in [0.5, 0.6) is 0 Å². The molecule has 2 aliphatic rings. The largest absolute Gasteiger partial charge is 0.382 e. The molecule has 0 spiro atoms. The molecule has 1 N–H and O–H groups in total. The van der Waals surface area contributed by atoms with E-state index in [4.69, 9.17) is 9.47 Å². The summed E-state index contributed by atoms with van der Waals surface area (Å²) in [6, 6.07) is 0. The number of likely N-dealkylation sites (tertiary alicyclic amines) is 1. The molecule has 5 heteroatoms. The molecule has 0 aromatic carbocycles. The van der Waals surface area contributed by atoms with E-state index in [9.17, 15) is 4.79 Å². The molecule has 2 fully saturated rings. The van der Waals surface area contributed by atoms with E-state index < -0.39 is 5.54 Å². The lowest BCUT2D eigenvalue weighted by Crippen LogP contribution is -2.58. The van der Waals surface area contributed by atoms with Crippen molar-refractivity contribution in [2.75, 3.05) is 47.1 Å². The Hall–Kier alpha value is -0.650. The van der Waals surface area contributed by atoms with Crippen molar-refractivity contribution in [2.45, 2.75) is 37.6 Å². The molecule has 2 aliphatic heterocycles.